The fraction of sp³-hybridized carbons (Fsp3) is 0.170. The first-order valence-corrected chi connectivity index (χ1v) is 34.0. The van der Waals surface area contributed by atoms with E-state index in [-0.39, 0.29) is 21.7 Å². The van der Waals surface area contributed by atoms with Crippen molar-refractivity contribution in [2.75, 3.05) is 0 Å². The van der Waals surface area contributed by atoms with Crippen LogP contribution in [0.3, 0.4) is 0 Å². The van der Waals surface area contributed by atoms with E-state index < -0.39 is 0 Å². The molecule has 0 nitrogen and oxygen atoms in total. The van der Waals surface area contributed by atoms with Crippen LogP contribution in [0.1, 0.15) is 120 Å². The maximum atomic E-state index is 2.49. The zero-order valence-electron chi connectivity index (χ0n) is 55.7. The van der Waals surface area contributed by atoms with Crippen LogP contribution < -0.4 is 0 Å². The summed E-state index contributed by atoms with van der Waals surface area (Å²) in [4.78, 5) is 0. The van der Waals surface area contributed by atoms with Gasteiger partial charge in [0.05, 0.1) is 0 Å². The summed E-state index contributed by atoms with van der Waals surface area (Å²) in [5.74, 6) is 0. The van der Waals surface area contributed by atoms with E-state index in [1.54, 1.807) is 0 Å². The average Bonchev–Trinajstić information content (AvgIpc) is 1.37. The predicted molar refractivity (Wildman–Crippen MR) is 403 cm³/mol. The molecule has 452 valence electrons. The molecular formula is C94H76. The molecule has 18 rings (SSSR count). The minimum absolute atomic E-state index is 0.0932. The molecule has 94 heavy (non-hydrogen) atoms. The summed E-state index contributed by atoms with van der Waals surface area (Å²) in [7, 11) is 0. The fourth-order valence-electron chi connectivity index (χ4n) is 16.9. The molecule has 4 aliphatic rings. The van der Waals surface area contributed by atoms with Crippen LogP contribution in [0.2, 0.25) is 0 Å². The highest BCUT2D eigenvalue weighted by molar-refractivity contribution is 6.25. The summed E-state index contributed by atoms with van der Waals surface area (Å²) < 4.78 is 0. The number of fused-ring (bicyclic) bond motifs is 6. The molecule has 4 aliphatic carbocycles. The van der Waals surface area contributed by atoms with E-state index in [2.05, 4.69) is 324 Å². The van der Waals surface area contributed by atoms with Crippen molar-refractivity contribution in [2.24, 2.45) is 5.41 Å². The second-order valence-electron chi connectivity index (χ2n) is 30.8. The minimum atomic E-state index is -0.165. The summed E-state index contributed by atoms with van der Waals surface area (Å²) in [6, 6.07) is 93.6. The monoisotopic (exact) mass is 1200 g/mol. The highest BCUT2D eigenvalue weighted by Gasteiger charge is 2.38. The van der Waals surface area contributed by atoms with Crippen LogP contribution >= 0.6 is 0 Å². The lowest BCUT2D eigenvalue weighted by Gasteiger charge is -2.32. The predicted octanol–water partition coefficient (Wildman–Crippen LogP) is 26.1. The molecule has 0 unspecified atom stereocenters. The first-order chi connectivity index (χ1) is 45.3. The Bertz CT molecular complexity index is 5580. The maximum absolute atomic E-state index is 2.49. The Morgan fingerprint density at radius 1 is 0.298 bits per heavy atom. The first kappa shape index (κ1) is 56.6. The molecule has 0 aliphatic heterocycles. The summed E-state index contributed by atoms with van der Waals surface area (Å²) in [6.07, 6.45) is 7.00. The minimum Gasteiger partial charge on any atom is -0.0759 e. The van der Waals surface area contributed by atoms with Crippen LogP contribution in [-0.2, 0) is 22.7 Å². The Morgan fingerprint density at radius 2 is 0.649 bits per heavy atom. The van der Waals surface area contributed by atoms with Crippen LogP contribution in [-0.4, -0.2) is 0 Å². The van der Waals surface area contributed by atoms with Gasteiger partial charge in [0, 0.05) is 10.8 Å². The van der Waals surface area contributed by atoms with E-state index in [9.17, 15) is 0 Å². The average molecular weight is 1210 g/mol. The Labute approximate surface area is 554 Å². The molecule has 0 bridgehead atoms. The van der Waals surface area contributed by atoms with E-state index in [1.807, 2.05) is 0 Å². The van der Waals surface area contributed by atoms with Gasteiger partial charge in [0.2, 0.25) is 0 Å². The molecule has 14 aromatic carbocycles. The van der Waals surface area contributed by atoms with Crippen LogP contribution in [0, 0.1) is 5.41 Å². The van der Waals surface area contributed by atoms with Crippen molar-refractivity contribution in [1.82, 2.24) is 0 Å². The molecule has 0 radical (unpaired) electrons. The number of hydrogen-bond donors (Lipinski definition) is 0. The van der Waals surface area contributed by atoms with Crippen LogP contribution in [0.4, 0.5) is 0 Å². The van der Waals surface area contributed by atoms with Crippen molar-refractivity contribution in [3.8, 4) is 100 Å². The highest BCUT2D eigenvalue weighted by Crippen LogP contribution is 2.55. The standard InChI is InChI=1S/C94H76/c1-91(2,3)73-47-69-29-27-63-31-39-75(81-45-37-71(49-73)87(69)89(63)81)61-23-19-58(20-24-61)56-13-11-55(12-14-56)57-15-17-59(18-16-57)65-33-41-77-79-43-35-67(53-85(79)93(7,8)83(77)51-65)68-36-44-80-78-42-34-66(52-84(78)94(9,10)86(80)54-68)60-21-25-62(26-22-60)76-40-32-64-28-30-70-48-74(92(4,5)6)50-72-38-46-82(76)90(64)88(70)72/h11-27,29-47,49-54H,28,48H2,1-10H3. The van der Waals surface area contributed by atoms with Gasteiger partial charge < -0.3 is 0 Å². The Balaban J connectivity index is 0.562. The van der Waals surface area contributed by atoms with Crippen molar-refractivity contribution in [1.29, 1.82) is 0 Å². The molecule has 0 aromatic heterocycles. The van der Waals surface area contributed by atoms with Crippen molar-refractivity contribution >= 4 is 54.7 Å². The van der Waals surface area contributed by atoms with Crippen LogP contribution in [0.5, 0.6) is 0 Å². The van der Waals surface area contributed by atoms with Gasteiger partial charge in [-0.2, -0.15) is 0 Å². The lowest BCUT2D eigenvalue weighted by atomic mass is 9.72. The number of hydrogen-bond acceptors (Lipinski definition) is 0. The third kappa shape index (κ3) is 8.71. The highest BCUT2D eigenvalue weighted by atomic mass is 14.4. The summed E-state index contributed by atoms with van der Waals surface area (Å²) in [5, 5.41) is 10.8. The van der Waals surface area contributed by atoms with Gasteiger partial charge in [-0.1, -0.05) is 305 Å². The zero-order chi connectivity index (χ0) is 63.9. The molecule has 0 fully saturated rings. The summed E-state index contributed by atoms with van der Waals surface area (Å²) in [6.45, 7) is 23.6. The maximum Gasteiger partial charge on any atom is 0.0159 e. The largest absolute Gasteiger partial charge is 0.0759 e. The second-order valence-corrected chi connectivity index (χ2v) is 30.8. The van der Waals surface area contributed by atoms with Gasteiger partial charge in [-0.3, -0.25) is 0 Å². The zero-order valence-corrected chi connectivity index (χ0v) is 55.7. The molecule has 0 N–H and O–H groups in total. The number of benzene rings is 14. The fourth-order valence-corrected chi connectivity index (χ4v) is 16.9. The Morgan fingerprint density at radius 3 is 1.10 bits per heavy atom. The summed E-state index contributed by atoms with van der Waals surface area (Å²) in [5.41, 5.74) is 37.0. The lowest BCUT2D eigenvalue weighted by molar-refractivity contribution is 0.498. The van der Waals surface area contributed by atoms with Crippen molar-refractivity contribution in [3.05, 3.63) is 299 Å². The van der Waals surface area contributed by atoms with E-state index in [0.717, 1.165) is 12.8 Å². The van der Waals surface area contributed by atoms with Gasteiger partial charge in [0.1, 0.15) is 0 Å². The number of rotatable bonds is 7. The van der Waals surface area contributed by atoms with Gasteiger partial charge in [-0.25, -0.2) is 0 Å². The third-order valence-corrected chi connectivity index (χ3v) is 22.5. The smallest absolute Gasteiger partial charge is 0.0159 e. The van der Waals surface area contributed by atoms with E-state index >= 15 is 0 Å². The lowest BCUT2D eigenvalue weighted by Crippen LogP contribution is -2.15. The number of allylic oxidation sites excluding steroid dienone is 3. The van der Waals surface area contributed by atoms with Crippen molar-refractivity contribution in [3.63, 3.8) is 0 Å². The van der Waals surface area contributed by atoms with Gasteiger partial charge >= 0.3 is 0 Å². The topological polar surface area (TPSA) is 0 Å². The molecule has 0 atom stereocenters. The molecule has 14 aromatic rings. The van der Waals surface area contributed by atoms with Crippen molar-refractivity contribution < 1.29 is 0 Å². The molecule has 0 heterocycles. The third-order valence-electron chi connectivity index (χ3n) is 22.5. The van der Waals surface area contributed by atoms with Crippen LogP contribution in [0.25, 0.3) is 155 Å². The molecule has 0 heteroatoms. The molecular weight excluding hydrogens is 1130 g/mol. The van der Waals surface area contributed by atoms with Gasteiger partial charge in [0.15, 0.2) is 0 Å². The molecule has 0 saturated carbocycles. The Kier molecular flexibility index (Phi) is 12.2. The second kappa shape index (κ2) is 20.2. The SMILES string of the molecule is CC(C)(C)C1=Cc2ccc3c(-c4ccc(-c5ccc6c(c5)C(C)(C)c5cc(-c7ccc8c(c7)C(C)(C)c7cc(-c9ccc(-c%10ccc(-c%11ccc(-c%12ccc%13ccc%14cc(C(C)(C)C)cc%15ccc%12c%13c%14%15)cc%11)cc%10)cc9)ccc7-8)ccc5-6)cc4)ccc4c3c2C(=CC4)C1. The van der Waals surface area contributed by atoms with Gasteiger partial charge in [0.25, 0.3) is 0 Å². The molecule has 0 spiro atoms. The molecule has 0 saturated heterocycles. The van der Waals surface area contributed by atoms with Crippen LogP contribution in [0.15, 0.2) is 254 Å². The molecule has 0 amide bonds. The normalized spacial score (nSPS) is 14.9. The van der Waals surface area contributed by atoms with E-state index in [4.69, 9.17) is 0 Å². The van der Waals surface area contributed by atoms with Gasteiger partial charge in [-0.05, 0) is 241 Å². The van der Waals surface area contributed by atoms with Gasteiger partial charge in [-0.15, -0.1) is 0 Å². The quantitative estimate of drug-likeness (QED) is 0.140. The van der Waals surface area contributed by atoms with Crippen molar-refractivity contribution in [2.45, 2.75) is 98.3 Å². The summed E-state index contributed by atoms with van der Waals surface area (Å²) >= 11 is 0. The van der Waals surface area contributed by atoms with E-state index in [1.165, 1.54) is 199 Å². The Hall–Kier alpha value is -10.1. The first-order valence-electron chi connectivity index (χ1n) is 34.0. The van der Waals surface area contributed by atoms with E-state index in [0.29, 0.717) is 0 Å².